The smallest absolute Gasteiger partial charge is 0.338 e. The van der Waals surface area contributed by atoms with Crippen LogP contribution in [0.15, 0.2) is 55.1 Å². The molecule has 2 aromatic rings. The Morgan fingerprint density at radius 1 is 1.15 bits per heavy atom. The van der Waals surface area contributed by atoms with Crippen molar-refractivity contribution in [1.29, 1.82) is 0 Å². The number of hydrogen-bond acceptors (Lipinski definition) is 9. The van der Waals surface area contributed by atoms with Crippen molar-refractivity contribution in [3.8, 4) is 11.5 Å². The third-order valence-electron chi connectivity index (χ3n) is 5.12. The summed E-state index contributed by atoms with van der Waals surface area (Å²) < 4.78 is 27.1. The van der Waals surface area contributed by atoms with Gasteiger partial charge in [-0.25, -0.2) is 4.79 Å². The number of rotatable bonds is 10. The molecule has 1 aliphatic rings. The Bertz CT molecular complexity index is 968. The highest BCUT2D eigenvalue weighted by Gasteiger charge is 2.44. The molecule has 3 rings (SSSR count). The van der Waals surface area contributed by atoms with Crippen molar-refractivity contribution < 1.29 is 43.8 Å². The van der Waals surface area contributed by atoms with Crippen LogP contribution in [0, 0.1) is 0 Å². The summed E-state index contributed by atoms with van der Waals surface area (Å²) in [4.78, 5) is 12.6. The first-order chi connectivity index (χ1) is 16.3. The van der Waals surface area contributed by atoms with Crippen molar-refractivity contribution >= 4 is 17.6 Å². The van der Waals surface area contributed by atoms with Crippen LogP contribution in [-0.2, 0) is 20.8 Å². The molecule has 1 saturated heterocycles. The fourth-order valence-electron chi connectivity index (χ4n) is 3.30. The molecule has 0 bridgehead atoms. The van der Waals surface area contributed by atoms with Gasteiger partial charge in [-0.3, -0.25) is 0 Å². The molecular formula is C24H27ClO9. The average Bonchev–Trinajstić information content (AvgIpc) is 2.85. The summed E-state index contributed by atoms with van der Waals surface area (Å²) in [7, 11) is 1.42. The molecule has 1 aliphatic heterocycles. The number of esters is 1. The van der Waals surface area contributed by atoms with Crippen molar-refractivity contribution in [1.82, 2.24) is 0 Å². The van der Waals surface area contributed by atoms with Gasteiger partial charge in [-0.05, 0) is 17.7 Å². The number of benzene rings is 2. The van der Waals surface area contributed by atoms with E-state index in [0.717, 1.165) is 5.56 Å². The van der Waals surface area contributed by atoms with Crippen LogP contribution < -0.4 is 9.47 Å². The van der Waals surface area contributed by atoms with Gasteiger partial charge in [-0.15, -0.1) is 6.58 Å². The van der Waals surface area contributed by atoms with Crippen LogP contribution >= 0.6 is 11.6 Å². The third-order valence-corrected chi connectivity index (χ3v) is 5.40. The maximum absolute atomic E-state index is 12.6. The number of halogens is 1. The molecule has 1 heterocycles. The van der Waals surface area contributed by atoms with Gasteiger partial charge in [0.2, 0.25) is 0 Å². The van der Waals surface area contributed by atoms with Crippen LogP contribution in [0.3, 0.4) is 0 Å². The topological polar surface area (TPSA) is 124 Å². The lowest BCUT2D eigenvalue weighted by Gasteiger charge is -2.39. The Labute approximate surface area is 202 Å². The molecule has 2 aromatic carbocycles. The molecule has 10 heteroatoms. The average molecular weight is 495 g/mol. The number of ether oxygens (including phenoxy) is 5. The van der Waals surface area contributed by atoms with Gasteiger partial charge in [-0.2, -0.15) is 0 Å². The van der Waals surface area contributed by atoms with Crippen LogP contribution in [0.25, 0.3) is 0 Å². The van der Waals surface area contributed by atoms with E-state index in [2.05, 4.69) is 6.58 Å². The summed E-state index contributed by atoms with van der Waals surface area (Å²) in [6.07, 6.45) is -5.46. The van der Waals surface area contributed by atoms with Crippen molar-refractivity contribution in [2.45, 2.75) is 37.3 Å². The maximum atomic E-state index is 12.6. The first-order valence-electron chi connectivity index (χ1n) is 10.5. The number of carbonyl (C=O) groups excluding carboxylic acids is 1. The van der Waals surface area contributed by atoms with Crippen LogP contribution in [0.4, 0.5) is 0 Å². The predicted octanol–water partition coefficient (Wildman–Crippen LogP) is 2.09. The molecule has 34 heavy (non-hydrogen) atoms. The molecule has 0 aromatic heterocycles. The highest BCUT2D eigenvalue weighted by atomic mass is 35.5. The lowest BCUT2D eigenvalue weighted by molar-refractivity contribution is -0.298. The van der Waals surface area contributed by atoms with E-state index in [-0.39, 0.29) is 35.3 Å². The van der Waals surface area contributed by atoms with Gasteiger partial charge in [0, 0.05) is 0 Å². The molecule has 184 valence electrons. The zero-order chi connectivity index (χ0) is 24.7. The molecule has 0 spiro atoms. The summed E-state index contributed by atoms with van der Waals surface area (Å²) in [5.41, 5.74) is 1.01. The van der Waals surface area contributed by atoms with Gasteiger partial charge in [-0.1, -0.05) is 48.0 Å². The Kier molecular flexibility index (Phi) is 9.28. The van der Waals surface area contributed by atoms with Gasteiger partial charge in [0.25, 0.3) is 0 Å². The normalized spacial score (nSPS) is 24.3. The molecule has 0 amide bonds. The van der Waals surface area contributed by atoms with E-state index in [0.29, 0.717) is 0 Å². The minimum absolute atomic E-state index is 0.0496. The molecule has 0 radical (unpaired) electrons. The van der Waals surface area contributed by atoms with Crippen LogP contribution in [0.2, 0.25) is 5.02 Å². The number of aliphatic hydroxyl groups excluding tert-OH is 3. The van der Waals surface area contributed by atoms with Crippen molar-refractivity contribution in [2.75, 3.05) is 20.3 Å². The van der Waals surface area contributed by atoms with Gasteiger partial charge in [0.05, 0.1) is 24.3 Å². The molecular weight excluding hydrogens is 468 g/mol. The Morgan fingerprint density at radius 3 is 2.56 bits per heavy atom. The zero-order valence-electron chi connectivity index (χ0n) is 18.5. The fourth-order valence-corrected chi connectivity index (χ4v) is 3.57. The second kappa shape index (κ2) is 12.2. The summed E-state index contributed by atoms with van der Waals surface area (Å²) in [6, 6.07) is 12.3. The molecule has 3 N–H and O–H groups in total. The molecule has 9 nitrogen and oxygen atoms in total. The first kappa shape index (κ1) is 26.0. The second-order valence-electron chi connectivity index (χ2n) is 7.50. The molecule has 5 atom stereocenters. The standard InChI is InChI=1S/C24H27ClO9/c1-3-9-31-24-21(28)20(27)19(26)18(34-24)13-33-23(29)15-10-16(25)22(17(11-15)30-2)32-12-14-7-5-4-6-8-14/h3-8,10-11,18-21,24,26-28H,1,9,12-13H2,2H3/t18-,19-,20+,21-,24-/m1/s1. The summed E-state index contributed by atoms with van der Waals surface area (Å²) in [5, 5.41) is 30.4. The lowest BCUT2D eigenvalue weighted by Crippen LogP contribution is -2.59. The second-order valence-corrected chi connectivity index (χ2v) is 7.91. The van der Waals surface area contributed by atoms with Crippen LogP contribution in [0.5, 0.6) is 11.5 Å². The molecule has 1 fully saturated rings. The Morgan fingerprint density at radius 2 is 1.88 bits per heavy atom. The van der Waals surface area contributed by atoms with Crippen LogP contribution in [-0.4, -0.2) is 72.3 Å². The minimum atomic E-state index is -1.55. The van der Waals surface area contributed by atoms with E-state index in [1.54, 1.807) is 0 Å². The van der Waals surface area contributed by atoms with E-state index in [1.165, 1.54) is 25.3 Å². The van der Waals surface area contributed by atoms with E-state index in [9.17, 15) is 20.1 Å². The van der Waals surface area contributed by atoms with E-state index in [1.807, 2.05) is 30.3 Å². The summed E-state index contributed by atoms with van der Waals surface area (Å²) >= 11 is 6.34. The predicted molar refractivity (Wildman–Crippen MR) is 122 cm³/mol. The lowest BCUT2D eigenvalue weighted by atomic mass is 9.99. The quantitative estimate of drug-likeness (QED) is 0.336. The number of methoxy groups -OCH3 is 1. The van der Waals surface area contributed by atoms with Crippen LogP contribution in [0.1, 0.15) is 15.9 Å². The highest BCUT2D eigenvalue weighted by Crippen LogP contribution is 2.37. The third kappa shape index (κ3) is 6.26. The van der Waals surface area contributed by atoms with E-state index < -0.39 is 43.3 Å². The van der Waals surface area contributed by atoms with Gasteiger partial charge >= 0.3 is 5.97 Å². The first-order valence-corrected chi connectivity index (χ1v) is 10.9. The zero-order valence-corrected chi connectivity index (χ0v) is 19.3. The fraction of sp³-hybridized carbons (Fsp3) is 0.375. The maximum Gasteiger partial charge on any atom is 0.338 e. The molecule has 0 unspecified atom stereocenters. The van der Waals surface area contributed by atoms with Crippen molar-refractivity contribution in [2.24, 2.45) is 0 Å². The van der Waals surface area contributed by atoms with E-state index >= 15 is 0 Å². The SMILES string of the molecule is C=CCO[C@@H]1O[C@H](COC(=O)c2cc(Cl)c(OCc3ccccc3)c(OC)c2)[C@@H](O)[C@H](O)[C@H]1O. The monoisotopic (exact) mass is 494 g/mol. The Hall–Kier alpha value is -2.66. The number of hydrogen-bond donors (Lipinski definition) is 3. The number of carbonyl (C=O) groups is 1. The van der Waals surface area contributed by atoms with Gasteiger partial charge < -0.3 is 39.0 Å². The van der Waals surface area contributed by atoms with Gasteiger partial charge in [0.15, 0.2) is 17.8 Å². The van der Waals surface area contributed by atoms with Gasteiger partial charge in [0.1, 0.15) is 37.6 Å². The summed E-state index contributed by atoms with van der Waals surface area (Å²) in [6.45, 7) is 3.38. The minimum Gasteiger partial charge on any atom is -0.493 e. The largest absolute Gasteiger partial charge is 0.493 e. The van der Waals surface area contributed by atoms with E-state index in [4.69, 9.17) is 35.3 Å². The summed E-state index contributed by atoms with van der Waals surface area (Å²) in [5.74, 6) is -0.259. The molecule has 0 aliphatic carbocycles. The van der Waals surface area contributed by atoms with Crippen molar-refractivity contribution in [3.63, 3.8) is 0 Å². The molecule has 0 saturated carbocycles. The number of aliphatic hydroxyl groups is 3. The Balaban J connectivity index is 1.66. The highest BCUT2D eigenvalue weighted by molar-refractivity contribution is 6.32. The van der Waals surface area contributed by atoms with Crippen molar-refractivity contribution in [3.05, 3.63) is 71.3 Å².